The van der Waals surface area contributed by atoms with Gasteiger partial charge in [0.25, 0.3) is 5.11 Å². The van der Waals surface area contributed by atoms with Gasteiger partial charge in [0.2, 0.25) is 0 Å². The Bertz CT molecular complexity index is 137. The van der Waals surface area contributed by atoms with Crippen molar-refractivity contribution in [3.8, 4) is 0 Å². The van der Waals surface area contributed by atoms with Gasteiger partial charge in [0.05, 0.1) is 0 Å². The highest BCUT2D eigenvalue weighted by molar-refractivity contribution is 8.37. The molecule has 0 aromatic rings. The molecule has 11 heavy (non-hydrogen) atoms. The van der Waals surface area contributed by atoms with Crippen LogP contribution < -0.4 is 0 Å². The molecule has 0 saturated carbocycles. The fourth-order valence-electron chi connectivity index (χ4n) is 0.115. The lowest BCUT2D eigenvalue weighted by Crippen LogP contribution is -1.45. The fourth-order valence-corrected chi connectivity index (χ4v) is 9.31. The van der Waals surface area contributed by atoms with Crippen LogP contribution in [0.3, 0.4) is 0 Å². The summed E-state index contributed by atoms with van der Waals surface area (Å²) in [6, 6.07) is 0. The predicted molar refractivity (Wildman–Crippen MR) is 64.8 cm³/mol. The first-order valence-corrected chi connectivity index (χ1v) is 10.3. The Hall–Kier alpha value is 2.40. The van der Waals surface area contributed by atoms with E-state index < -0.39 is 10.6 Å². The summed E-state index contributed by atoms with van der Waals surface area (Å²) in [6.07, 6.45) is 0. The van der Waals surface area contributed by atoms with Crippen LogP contribution >= 0.6 is 78.0 Å². The third-order valence-electron chi connectivity index (χ3n) is 0.203. The second-order valence-corrected chi connectivity index (χ2v) is 15.2. The van der Waals surface area contributed by atoms with E-state index in [1.54, 1.807) is 0 Å². The Balaban J connectivity index is -0.000000320. The summed E-state index contributed by atoms with van der Waals surface area (Å²) in [5.41, 5.74) is -2.84. The number of hydrogen-bond acceptors (Lipinski definition) is 1. The fraction of sp³-hybridized carbons (Fsp3) is 1.00. The molecule has 0 aromatic heterocycles. The van der Waals surface area contributed by atoms with E-state index in [0.29, 0.717) is 0 Å². The van der Waals surface area contributed by atoms with E-state index in [2.05, 4.69) is 4.52 Å². The molecule has 0 saturated heterocycles. The summed E-state index contributed by atoms with van der Waals surface area (Å²) in [5.74, 6) is 0. The van der Waals surface area contributed by atoms with Crippen LogP contribution in [0.15, 0.2) is 4.52 Å². The average molecular weight is 321 g/mol. The molecule has 0 atom stereocenters. The maximum atomic E-state index is 5.27. The van der Waals surface area contributed by atoms with Gasteiger partial charge in [0, 0.05) is 0 Å². The van der Waals surface area contributed by atoms with Gasteiger partial charge < -0.3 is 0 Å². The van der Waals surface area contributed by atoms with Gasteiger partial charge in [-0.1, -0.05) is 14.9 Å². The zero-order chi connectivity index (χ0) is 7.71. The van der Waals surface area contributed by atoms with Crippen LogP contribution in [0.4, 0.5) is 0 Å². The molecule has 0 heterocycles. The second-order valence-electron chi connectivity index (χ2n) is 0.926. The molecule has 0 N–H and O–H groups in total. The number of hydrogen-bond donors (Lipinski definition) is 0. The second kappa shape index (κ2) is 6.80. The highest BCUT2D eigenvalue weighted by Crippen LogP contribution is 2.83. The number of rotatable bonds is 1. The zero-order valence-electron chi connectivity index (χ0n) is 3.61. The predicted octanol–water partition coefficient (Wildman–Crippen LogP) is 7.32. The van der Waals surface area contributed by atoms with E-state index in [9.17, 15) is 0 Å². The van der Waals surface area contributed by atoms with E-state index in [-0.39, 0.29) is 14.9 Å². The van der Waals surface area contributed by atoms with E-state index in [0.717, 1.165) is 0 Å². The summed E-state index contributed by atoms with van der Waals surface area (Å²) in [7, 11) is 0. The largest absolute Gasteiger partial charge is 0.423 e. The van der Waals surface area contributed by atoms with E-state index >= 15 is 0 Å². The first kappa shape index (κ1) is 19.0. The van der Waals surface area contributed by atoms with Gasteiger partial charge in [0.15, 0.2) is 33.7 Å². The molecule has 0 fully saturated rings. The molecule has 0 rings (SSSR count). The van der Waals surface area contributed by atoms with Gasteiger partial charge in [-0.2, -0.15) is 0 Å². The molecule has 0 radical (unpaired) electrons. The monoisotopic (exact) mass is 318 g/mol. The third kappa shape index (κ3) is 19.0. The van der Waals surface area contributed by atoms with Crippen LogP contribution in [0.25, 0.3) is 0 Å². The van der Waals surface area contributed by atoms with Crippen molar-refractivity contribution < 1.29 is 0 Å². The Labute approximate surface area is 96.8 Å². The van der Waals surface area contributed by atoms with Crippen molar-refractivity contribution in [2.75, 3.05) is 0 Å². The molecule has 1 nitrogen and oxygen atoms in total. The molecule has 72 valence electrons. The molecule has 0 aliphatic carbocycles. The van der Waals surface area contributed by atoms with Gasteiger partial charge in [0.1, 0.15) is 0 Å². The number of nitrogens with zero attached hydrogens (tertiary/aromatic N) is 1. The number of halogens is 6. The zero-order valence-corrected chi connectivity index (χ0v) is 9.93. The van der Waals surface area contributed by atoms with Crippen molar-refractivity contribution in [1.29, 1.82) is 0 Å². The minimum Gasteiger partial charge on any atom is -0.0776 e. The molecule has 0 aliphatic rings. The van der Waals surface area contributed by atoms with Crippen LogP contribution in [0.5, 0.6) is 0 Å². The standard InChI is InChI=1S/2CH4.Cl6NP2/c;;1-8(2,3)7-9(4,5)6/h2*1H4;/q;;+1. The maximum absolute atomic E-state index is 5.27. The molecule has 0 spiro atoms. The summed E-state index contributed by atoms with van der Waals surface area (Å²) in [6.45, 7) is 0. The molecular formula is C2H8Cl6NP2+. The normalized spacial score (nSPS) is 11.1. The topological polar surface area (TPSA) is 12.4 Å². The van der Waals surface area contributed by atoms with Gasteiger partial charge >= 0.3 is 5.47 Å². The van der Waals surface area contributed by atoms with Crippen LogP contribution in [0.2, 0.25) is 0 Å². The quantitative estimate of drug-likeness (QED) is 0.449. The molecule has 0 bridgehead atoms. The Kier molecular flexibility index (Phi) is 11.8. The summed E-state index contributed by atoms with van der Waals surface area (Å²) in [5, 5.41) is -2.84. The summed E-state index contributed by atoms with van der Waals surface area (Å²) >= 11 is 31.6. The SMILES string of the molecule is C.C.ClP(Cl)(Cl)=N[P+](Cl)(Cl)Cl. The first-order chi connectivity index (χ1) is 3.71. The van der Waals surface area contributed by atoms with Crippen LogP contribution in [0.1, 0.15) is 14.9 Å². The highest BCUT2D eigenvalue weighted by atomic mass is 36.1. The summed E-state index contributed by atoms with van der Waals surface area (Å²) < 4.78 is 3.36. The lowest BCUT2D eigenvalue weighted by atomic mass is 12.0. The lowest BCUT2D eigenvalue weighted by Gasteiger charge is -1.93. The Morgan fingerprint density at radius 1 is 0.909 bits per heavy atom. The highest BCUT2D eigenvalue weighted by Gasteiger charge is 2.35. The van der Waals surface area contributed by atoms with Gasteiger partial charge in [-0.3, -0.25) is 0 Å². The Morgan fingerprint density at radius 3 is 1.18 bits per heavy atom. The van der Waals surface area contributed by atoms with Crippen molar-refractivity contribution in [2.45, 2.75) is 14.9 Å². The van der Waals surface area contributed by atoms with Crippen molar-refractivity contribution in [2.24, 2.45) is 4.52 Å². The van der Waals surface area contributed by atoms with Gasteiger partial charge in [-0.05, 0) is 38.2 Å². The first-order valence-electron chi connectivity index (χ1n) is 1.41. The van der Waals surface area contributed by atoms with E-state index in [1.807, 2.05) is 0 Å². The average Bonchev–Trinajstić information content (AvgIpc) is 1.14. The molecule has 0 aliphatic heterocycles. The smallest absolute Gasteiger partial charge is 0.0776 e. The van der Waals surface area contributed by atoms with E-state index in [1.165, 1.54) is 0 Å². The van der Waals surface area contributed by atoms with Crippen molar-refractivity contribution >= 4 is 78.0 Å². The van der Waals surface area contributed by atoms with Crippen LogP contribution in [-0.2, 0) is 0 Å². The molecule has 9 heteroatoms. The summed E-state index contributed by atoms with van der Waals surface area (Å²) in [4.78, 5) is 0. The third-order valence-corrected chi connectivity index (χ3v) is 5.48. The van der Waals surface area contributed by atoms with Gasteiger partial charge in [-0.25, -0.2) is 0 Å². The van der Waals surface area contributed by atoms with E-state index in [4.69, 9.17) is 67.4 Å². The molecule has 0 amide bonds. The minimum atomic E-state index is -2.84. The van der Waals surface area contributed by atoms with Crippen molar-refractivity contribution in [1.82, 2.24) is 0 Å². The lowest BCUT2D eigenvalue weighted by molar-refractivity contribution is 2.06. The molecule has 0 unspecified atom stereocenters. The van der Waals surface area contributed by atoms with Crippen molar-refractivity contribution in [3.63, 3.8) is 0 Å². The minimum absolute atomic E-state index is 0. The van der Waals surface area contributed by atoms with Crippen LogP contribution in [-0.4, -0.2) is 0 Å². The van der Waals surface area contributed by atoms with Gasteiger partial charge in [-0.15, -0.1) is 0 Å². The van der Waals surface area contributed by atoms with Crippen LogP contribution in [0, 0.1) is 0 Å². The maximum Gasteiger partial charge on any atom is 0.423 e. The van der Waals surface area contributed by atoms with Crippen molar-refractivity contribution in [3.05, 3.63) is 0 Å². The molecular weight excluding hydrogens is 313 g/mol. The Morgan fingerprint density at radius 2 is 1.18 bits per heavy atom. The molecule has 0 aromatic carbocycles.